The van der Waals surface area contributed by atoms with Crippen molar-refractivity contribution in [3.63, 3.8) is 0 Å². The molecule has 1 aromatic heterocycles. The summed E-state index contributed by atoms with van der Waals surface area (Å²) in [5.41, 5.74) is 17.0. The van der Waals surface area contributed by atoms with Crippen LogP contribution in [0, 0.1) is 6.92 Å². The van der Waals surface area contributed by atoms with Crippen LogP contribution in [0.4, 0.5) is 5.69 Å². The van der Waals surface area contributed by atoms with Crippen molar-refractivity contribution in [1.29, 1.82) is 0 Å². The van der Waals surface area contributed by atoms with E-state index in [0.29, 0.717) is 11.4 Å². The minimum absolute atomic E-state index is 0.136. The van der Waals surface area contributed by atoms with Gasteiger partial charge in [-0.25, -0.2) is 0 Å². The standard InChI is InChI=1S/C18H21N5O/c1-11-4-5-15(19)7-16(11)13-6-14(10-22-9-13)17(21-3)8-18(20)23-12(2)24/h4-10,21H,19H2,1-3H3,(H2,20,23,24)/b17-8-. The molecule has 0 saturated heterocycles. The van der Waals surface area contributed by atoms with Crippen LogP contribution in [0.25, 0.3) is 16.8 Å². The summed E-state index contributed by atoms with van der Waals surface area (Å²) in [5.74, 6) is -0.209. The molecular formula is C18H21N5O. The number of aliphatic imine (C=N–C) groups is 1. The molecule has 6 nitrogen and oxygen atoms in total. The Labute approximate surface area is 141 Å². The Kier molecular flexibility index (Phi) is 5.31. The highest BCUT2D eigenvalue weighted by molar-refractivity contribution is 6.03. The highest BCUT2D eigenvalue weighted by Gasteiger charge is 2.07. The van der Waals surface area contributed by atoms with Gasteiger partial charge in [-0.05, 0) is 36.2 Å². The first-order valence-electron chi connectivity index (χ1n) is 7.47. The van der Waals surface area contributed by atoms with Gasteiger partial charge in [-0.1, -0.05) is 6.07 Å². The molecule has 0 radical (unpaired) electrons. The molecule has 0 unspecified atom stereocenters. The maximum atomic E-state index is 11.0. The number of amides is 1. The smallest absolute Gasteiger partial charge is 0.244 e. The van der Waals surface area contributed by atoms with Crippen LogP contribution in [0.1, 0.15) is 18.1 Å². The van der Waals surface area contributed by atoms with E-state index < -0.39 is 0 Å². The largest absolute Gasteiger partial charge is 0.399 e. The SMILES string of the molecule is CN/C(=C\C(N)=NC(C)=O)c1cncc(-c2cc(N)ccc2C)c1. The quantitative estimate of drug-likeness (QED) is 0.454. The predicted octanol–water partition coefficient (Wildman–Crippen LogP) is 2.10. The number of aryl methyl sites for hydroxylation is 1. The van der Waals surface area contributed by atoms with E-state index in [0.717, 1.165) is 22.3 Å². The summed E-state index contributed by atoms with van der Waals surface area (Å²) in [6, 6.07) is 7.75. The maximum absolute atomic E-state index is 11.0. The second kappa shape index (κ2) is 7.41. The Morgan fingerprint density at radius 3 is 2.71 bits per heavy atom. The molecule has 5 N–H and O–H groups in total. The van der Waals surface area contributed by atoms with Crippen molar-refractivity contribution in [1.82, 2.24) is 10.3 Å². The molecule has 0 aliphatic rings. The predicted molar refractivity (Wildman–Crippen MR) is 98.2 cm³/mol. The fourth-order valence-corrected chi connectivity index (χ4v) is 2.35. The van der Waals surface area contributed by atoms with Gasteiger partial charge in [0.15, 0.2) is 0 Å². The third-order valence-electron chi connectivity index (χ3n) is 3.47. The topological polar surface area (TPSA) is 106 Å². The van der Waals surface area contributed by atoms with Crippen LogP contribution in [-0.4, -0.2) is 23.8 Å². The van der Waals surface area contributed by atoms with Gasteiger partial charge >= 0.3 is 0 Å². The number of rotatable bonds is 4. The van der Waals surface area contributed by atoms with Crippen LogP contribution < -0.4 is 16.8 Å². The second-order valence-corrected chi connectivity index (χ2v) is 5.40. The van der Waals surface area contributed by atoms with Crippen molar-refractivity contribution in [3.05, 3.63) is 53.9 Å². The van der Waals surface area contributed by atoms with E-state index >= 15 is 0 Å². The molecule has 0 bridgehead atoms. The number of anilines is 1. The number of nitrogens with zero attached hydrogens (tertiary/aromatic N) is 2. The Morgan fingerprint density at radius 1 is 1.29 bits per heavy atom. The lowest BCUT2D eigenvalue weighted by Crippen LogP contribution is -2.15. The molecule has 24 heavy (non-hydrogen) atoms. The van der Waals surface area contributed by atoms with E-state index in [9.17, 15) is 4.79 Å². The molecule has 0 aliphatic heterocycles. The van der Waals surface area contributed by atoms with Crippen LogP contribution in [0.2, 0.25) is 0 Å². The first-order chi connectivity index (χ1) is 11.4. The van der Waals surface area contributed by atoms with Gasteiger partial charge in [-0.3, -0.25) is 9.78 Å². The monoisotopic (exact) mass is 323 g/mol. The van der Waals surface area contributed by atoms with Gasteiger partial charge in [0.25, 0.3) is 0 Å². The van der Waals surface area contributed by atoms with Crippen LogP contribution in [0.15, 0.2) is 47.7 Å². The van der Waals surface area contributed by atoms with Gasteiger partial charge in [0.2, 0.25) is 5.91 Å². The molecule has 0 spiro atoms. The molecule has 0 fully saturated rings. The fraction of sp³-hybridized carbons (Fsp3) is 0.167. The molecule has 6 heteroatoms. The Bertz CT molecular complexity index is 824. The lowest BCUT2D eigenvalue weighted by Gasteiger charge is -2.11. The van der Waals surface area contributed by atoms with Crippen molar-refractivity contribution in [2.45, 2.75) is 13.8 Å². The average molecular weight is 323 g/mol. The molecule has 124 valence electrons. The summed E-state index contributed by atoms with van der Waals surface area (Å²) in [5, 5.41) is 3.05. The Morgan fingerprint density at radius 2 is 2.04 bits per heavy atom. The second-order valence-electron chi connectivity index (χ2n) is 5.40. The number of benzene rings is 1. The Hall–Kier alpha value is -3.15. The third-order valence-corrected chi connectivity index (χ3v) is 3.47. The summed E-state index contributed by atoms with van der Waals surface area (Å²) in [7, 11) is 1.77. The molecular weight excluding hydrogens is 302 g/mol. The van der Waals surface area contributed by atoms with Gasteiger partial charge in [0, 0.05) is 55.0 Å². The van der Waals surface area contributed by atoms with Gasteiger partial charge in [-0.2, -0.15) is 4.99 Å². The maximum Gasteiger partial charge on any atom is 0.244 e. The van der Waals surface area contributed by atoms with E-state index in [1.807, 2.05) is 31.2 Å². The first-order valence-corrected chi connectivity index (χ1v) is 7.47. The van der Waals surface area contributed by atoms with Crippen molar-refractivity contribution in [2.24, 2.45) is 10.7 Å². The summed E-state index contributed by atoms with van der Waals surface area (Å²) in [6.07, 6.45) is 5.11. The van der Waals surface area contributed by atoms with E-state index in [4.69, 9.17) is 11.5 Å². The highest BCUT2D eigenvalue weighted by Crippen LogP contribution is 2.26. The number of hydrogen-bond acceptors (Lipinski definition) is 4. The first kappa shape index (κ1) is 17.2. The molecule has 2 rings (SSSR count). The number of carbonyl (C=O) groups is 1. The summed E-state index contributed by atoms with van der Waals surface area (Å²) in [4.78, 5) is 19.0. The number of nitrogens with one attached hydrogen (secondary N) is 1. The lowest BCUT2D eigenvalue weighted by atomic mass is 9.99. The molecule has 1 aromatic carbocycles. The van der Waals surface area contributed by atoms with Gasteiger partial charge < -0.3 is 16.8 Å². The minimum atomic E-state index is -0.346. The molecule has 0 saturated carbocycles. The number of carbonyl (C=O) groups excluding carboxylic acids is 1. The zero-order chi connectivity index (χ0) is 17.7. The van der Waals surface area contributed by atoms with Gasteiger partial charge in [0.05, 0.1) is 0 Å². The van der Waals surface area contributed by atoms with Crippen LogP contribution >= 0.6 is 0 Å². The number of nitrogen functional groups attached to an aromatic ring is 1. The highest BCUT2D eigenvalue weighted by atomic mass is 16.1. The molecule has 0 atom stereocenters. The normalized spacial score (nSPS) is 12.1. The van der Waals surface area contributed by atoms with Crippen LogP contribution in [0.5, 0.6) is 0 Å². The number of aromatic nitrogens is 1. The average Bonchev–Trinajstić information content (AvgIpc) is 2.54. The number of nitrogens with two attached hydrogens (primary N) is 2. The Balaban J connectivity index is 2.47. The van der Waals surface area contributed by atoms with E-state index in [2.05, 4.69) is 15.3 Å². The molecule has 2 aromatic rings. The van der Waals surface area contributed by atoms with E-state index in [1.165, 1.54) is 6.92 Å². The number of pyridine rings is 1. The summed E-state index contributed by atoms with van der Waals surface area (Å²) in [6.45, 7) is 3.37. The van der Waals surface area contributed by atoms with E-state index in [1.54, 1.807) is 25.5 Å². The number of amidine groups is 1. The minimum Gasteiger partial charge on any atom is -0.399 e. The van der Waals surface area contributed by atoms with Crippen LogP contribution in [0.3, 0.4) is 0 Å². The molecule has 1 heterocycles. The van der Waals surface area contributed by atoms with Crippen molar-refractivity contribution in [3.8, 4) is 11.1 Å². The van der Waals surface area contributed by atoms with E-state index in [-0.39, 0.29) is 11.7 Å². The van der Waals surface area contributed by atoms with Gasteiger partial charge in [0.1, 0.15) is 5.84 Å². The molecule has 0 aliphatic carbocycles. The zero-order valence-corrected chi connectivity index (χ0v) is 14.0. The molecule has 1 amide bonds. The van der Waals surface area contributed by atoms with Crippen molar-refractivity contribution in [2.75, 3.05) is 12.8 Å². The third kappa shape index (κ3) is 4.19. The van der Waals surface area contributed by atoms with Crippen molar-refractivity contribution < 1.29 is 4.79 Å². The summed E-state index contributed by atoms with van der Waals surface area (Å²) < 4.78 is 0. The lowest BCUT2D eigenvalue weighted by molar-refractivity contribution is -0.115. The van der Waals surface area contributed by atoms with Crippen molar-refractivity contribution >= 4 is 23.1 Å². The fourth-order valence-electron chi connectivity index (χ4n) is 2.35. The zero-order valence-electron chi connectivity index (χ0n) is 14.0. The number of hydrogen-bond donors (Lipinski definition) is 3. The van der Waals surface area contributed by atoms with Gasteiger partial charge in [-0.15, -0.1) is 0 Å². The van der Waals surface area contributed by atoms with Crippen LogP contribution in [-0.2, 0) is 4.79 Å². The summed E-state index contributed by atoms with van der Waals surface area (Å²) >= 11 is 0.